The van der Waals surface area contributed by atoms with Gasteiger partial charge < -0.3 is 5.32 Å². The fraction of sp³-hybridized carbons (Fsp3) is 0.900. The van der Waals surface area contributed by atoms with Gasteiger partial charge in [-0.2, -0.15) is 22.3 Å². The highest BCUT2D eigenvalue weighted by Gasteiger charge is 2.30. The lowest BCUT2D eigenvalue weighted by Gasteiger charge is -2.34. The predicted molar refractivity (Wildman–Crippen MR) is 65.4 cm³/mol. The largest absolute Gasteiger partial charge is 0.316 e. The third-order valence-electron chi connectivity index (χ3n) is 3.05. The molecule has 0 spiro atoms. The van der Waals surface area contributed by atoms with Crippen LogP contribution in [0.15, 0.2) is 0 Å². The normalized spacial score (nSPS) is 22.6. The summed E-state index contributed by atoms with van der Waals surface area (Å²) in [7, 11) is -0.0309. The molecule has 0 aromatic heterocycles. The molecule has 1 N–H and O–H groups in total. The molecule has 1 heterocycles. The first-order valence-corrected chi connectivity index (χ1v) is 7.17. The molecular weight excluding hydrogens is 240 g/mol. The van der Waals surface area contributed by atoms with E-state index in [4.69, 9.17) is 5.26 Å². The Bertz CT molecular complexity index is 376. The second-order valence-electron chi connectivity index (χ2n) is 4.22. The van der Waals surface area contributed by atoms with Crippen LogP contribution in [-0.4, -0.2) is 56.8 Å². The standard InChI is InChI=1S/C10H20N4O2S/c1-12-10-5-3-8-14(9-10)17(15,16)13(2)7-4-6-11/h10,12H,3-5,7-9H2,1-2H3. The van der Waals surface area contributed by atoms with E-state index in [9.17, 15) is 8.42 Å². The van der Waals surface area contributed by atoms with E-state index >= 15 is 0 Å². The summed E-state index contributed by atoms with van der Waals surface area (Å²) in [6.45, 7) is 1.33. The number of hydrogen-bond acceptors (Lipinski definition) is 4. The van der Waals surface area contributed by atoms with Gasteiger partial charge in [-0.3, -0.25) is 0 Å². The Kier molecular flexibility index (Phi) is 5.33. The zero-order chi connectivity index (χ0) is 12.9. The van der Waals surface area contributed by atoms with Gasteiger partial charge in [0.15, 0.2) is 0 Å². The maximum Gasteiger partial charge on any atom is 0.281 e. The minimum atomic E-state index is -3.40. The highest BCUT2D eigenvalue weighted by Crippen LogP contribution is 2.16. The van der Waals surface area contributed by atoms with Crippen LogP contribution >= 0.6 is 0 Å². The lowest BCUT2D eigenvalue weighted by Crippen LogP contribution is -2.51. The van der Waals surface area contributed by atoms with E-state index in [-0.39, 0.29) is 19.0 Å². The third-order valence-corrected chi connectivity index (χ3v) is 5.01. The number of hydrogen-bond donors (Lipinski definition) is 1. The minimum absolute atomic E-state index is 0.221. The monoisotopic (exact) mass is 260 g/mol. The molecule has 1 atom stereocenters. The van der Waals surface area contributed by atoms with Crippen LogP contribution in [0, 0.1) is 11.3 Å². The van der Waals surface area contributed by atoms with E-state index in [0.717, 1.165) is 12.8 Å². The summed E-state index contributed by atoms with van der Waals surface area (Å²) in [5.74, 6) is 0. The first-order valence-electron chi connectivity index (χ1n) is 5.78. The average molecular weight is 260 g/mol. The molecule has 0 aliphatic carbocycles. The molecule has 1 aliphatic heterocycles. The van der Waals surface area contributed by atoms with Gasteiger partial charge in [0.25, 0.3) is 10.2 Å². The molecule has 1 aliphatic rings. The van der Waals surface area contributed by atoms with Crippen LogP contribution in [-0.2, 0) is 10.2 Å². The van der Waals surface area contributed by atoms with Crippen LogP contribution in [0.4, 0.5) is 0 Å². The van der Waals surface area contributed by atoms with Crippen molar-refractivity contribution in [2.75, 3.05) is 33.7 Å². The molecule has 0 aromatic rings. The van der Waals surface area contributed by atoms with Crippen molar-refractivity contribution in [3.8, 4) is 6.07 Å². The van der Waals surface area contributed by atoms with Gasteiger partial charge in [0, 0.05) is 39.1 Å². The van der Waals surface area contributed by atoms with Crippen molar-refractivity contribution in [1.82, 2.24) is 13.9 Å². The van der Waals surface area contributed by atoms with Crippen LogP contribution in [0.3, 0.4) is 0 Å². The molecule has 0 amide bonds. The van der Waals surface area contributed by atoms with Crippen LogP contribution in [0.5, 0.6) is 0 Å². The van der Waals surface area contributed by atoms with Gasteiger partial charge in [-0.25, -0.2) is 0 Å². The average Bonchev–Trinajstić information content (AvgIpc) is 2.35. The van der Waals surface area contributed by atoms with Gasteiger partial charge in [-0.1, -0.05) is 0 Å². The maximum absolute atomic E-state index is 12.2. The Morgan fingerprint density at radius 3 is 2.88 bits per heavy atom. The molecule has 1 saturated heterocycles. The van der Waals surface area contributed by atoms with Gasteiger partial charge in [0.05, 0.1) is 6.07 Å². The van der Waals surface area contributed by atoms with Crippen LogP contribution in [0.25, 0.3) is 0 Å². The number of piperidine rings is 1. The number of likely N-dealkylation sites (N-methyl/N-ethyl adjacent to an activating group) is 1. The lowest BCUT2D eigenvalue weighted by atomic mass is 10.1. The summed E-state index contributed by atoms with van der Waals surface area (Å²) in [4.78, 5) is 0. The fourth-order valence-electron chi connectivity index (χ4n) is 1.91. The molecule has 1 rings (SSSR count). The van der Waals surface area contributed by atoms with E-state index in [1.54, 1.807) is 0 Å². The van der Waals surface area contributed by atoms with Gasteiger partial charge >= 0.3 is 0 Å². The van der Waals surface area contributed by atoms with E-state index < -0.39 is 10.2 Å². The zero-order valence-corrected chi connectivity index (χ0v) is 11.2. The number of nitrogens with one attached hydrogen (secondary N) is 1. The molecule has 1 unspecified atom stereocenters. The van der Waals surface area contributed by atoms with Crippen LogP contribution in [0.2, 0.25) is 0 Å². The van der Waals surface area contributed by atoms with Crippen LogP contribution in [0.1, 0.15) is 19.3 Å². The minimum Gasteiger partial charge on any atom is -0.316 e. The SMILES string of the molecule is CNC1CCCN(S(=O)(=O)N(C)CCC#N)C1. The van der Waals surface area contributed by atoms with Crippen molar-refractivity contribution in [1.29, 1.82) is 5.26 Å². The summed E-state index contributed by atoms with van der Waals surface area (Å²) >= 11 is 0. The summed E-state index contributed by atoms with van der Waals surface area (Å²) < 4.78 is 27.1. The predicted octanol–water partition coefficient (Wildman–Crippen LogP) is -0.240. The number of nitrogens with zero attached hydrogens (tertiary/aromatic N) is 3. The molecule has 7 heteroatoms. The van der Waals surface area contributed by atoms with Gasteiger partial charge in [-0.05, 0) is 19.9 Å². The first-order chi connectivity index (χ1) is 8.02. The number of nitriles is 1. The summed E-state index contributed by atoms with van der Waals surface area (Å²) in [6, 6.07) is 2.18. The topological polar surface area (TPSA) is 76.4 Å². The van der Waals surface area contributed by atoms with E-state index in [2.05, 4.69) is 5.32 Å². The molecule has 17 heavy (non-hydrogen) atoms. The molecule has 6 nitrogen and oxygen atoms in total. The van der Waals surface area contributed by atoms with E-state index in [0.29, 0.717) is 13.1 Å². The molecule has 1 fully saturated rings. The molecule has 0 aromatic carbocycles. The van der Waals surface area contributed by atoms with Crippen molar-refractivity contribution in [3.05, 3.63) is 0 Å². The second-order valence-corrected chi connectivity index (χ2v) is 6.26. The van der Waals surface area contributed by atoms with Gasteiger partial charge in [0.2, 0.25) is 0 Å². The lowest BCUT2D eigenvalue weighted by molar-refractivity contribution is 0.275. The fourth-order valence-corrected chi connectivity index (χ4v) is 3.35. The molecule has 0 bridgehead atoms. The summed E-state index contributed by atoms with van der Waals surface area (Å²) in [6.07, 6.45) is 2.10. The Morgan fingerprint density at radius 1 is 1.59 bits per heavy atom. The molecule has 0 radical (unpaired) electrons. The van der Waals surface area contributed by atoms with E-state index in [1.165, 1.54) is 15.7 Å². The summed E-state index contributed by atoms with van der Waals surface area (Å²) in [5.41, 5.74) is 0. The summed E-state index contributed by atoms with van der Waals surface area (Å²) in [5, 5.41) is 11.6. The van der Waals surface area contributed by atoms with Crippen molar-refractivity contribution in [2.45, 2.75) is 25.3 Å². The Balaban J connectivity index is 2.66. The Hall–Kier alpha value is -0.680. The highest BCUT2D eigenvalue weighted by atomic mass is 32.2. The van der Waals surface area contributed by atoms with Gasteiger partial charge in [-0.15, -0.1) is 0 Å². The maximum atomic E-state index is 12.2. The van der Waals surface area contributed by atoms with Crippen LogP contribution < -0.4 is 5.32 Å². The number of rotatable bonds is 5. The first kappa shape index (κ1) is 14.4. The van der Waals surface area contributed by atoms with Gasteiger partial charge in [0.1, 0.15) is 0 Å². The Labute approximate surface area is 103 Å². The van der Waals surface area contributed by atoms with E-state index in [1.807, 2.05) is 13.1 Å². The Morgan fingerprint density at radius 2 is 2.29 bits per heavy atom. The smallest absolute Gasteiger partial charge is 0.281 e. The molecule has 0 saturated carbocycles. The zero-order valence-electron chi connectivity index (χ0n) is 10.4. The molecule has 98 valence electrons. The quantitative estimate of drug-likeness (QED) is 0.740. The van der Waals surface area contributed by atoms with Crippen molar-refractivity contribution in [2.24, 2.45) is 0 Å². The molecular formula is C10H20N4O2S. The highest BCUT2D eigenvalue weighted by molar-refractivity contribution is 7.86. The third kappa shape index (κ3) is 3.64. The van der Waals surface area contributed by atoms with Crippen molar-refractivity contribution >= 4 is 10.2 Å². The van der Waals surface area contributed by atoms with Crippen molar-refractivity contribution in [3.63, 3.8) is 0 Å². The van der Waals surface area contributed by atoms with Crippen molar-refractivity contribution < 1.29 is 8.42 Å². The second kappa shape index (κ2) is 6.31.